The fourth-order valence-corrected chi connectivity index (χ4v) is 5.33. The maximum atomic E-state index is 5.72. The molecule has 0 saturated carbocycles. The molecule has 0 atom stereocenters. The van der Waals surface area contributed by atoms with Crippen LogP contribution in [-0.4, -0.2) is 44.6 Å². The van der Waals surface area contributed by atoms with E-state index in [0.717, 1.165) is 89.0 Å². The van der Waals surface area contributed by atoms with Crippen molar-refractivity contribution >= 4 is 16.9 Å². The Kier molecular flexibility index (Phi) is 5.80. The number of piperidine rings is 1. The molecule has 0 unspecified atom stereocenters. The predicted molar refractivity (Wildman–Crippen MR) is 137 cm³/mol. The first-order valence-corrected chi connectivity index (χ1v) is 12.3. The number of benzene rings is 1. The largest absolute Gasteiger partial charge is 0.494 e. The summed E-state index contributed by atoms with van der Waals surface area (Å²) in [6.07, 6.45) is 4.79. The van der Waals surface area contributed by atoms with Gasteiger partial charge in [-0.25, -0.2) is 15.0 Å². The minimum Gasteiger partial charge on any atom is -0.494 e. The van der Waals surface area contributed by atoms with Crippen molar-refractivity contribution in [2.75, 3.05) is 24.6 Å². The van der Waals surface area contributed by atoms with Crippen molar-refractivity contribution < 1.29 is 4.74 Å². The number of aromatic nitrogens is 5. The van der Waals surface area contributed by atoms with Crippen LogP contribution in [-0.2, 0) is 5.41 Å². The van der Waals surface area contributed by atoms with Gasteiger partial charge >= 0.3 is 0 Å². The lowest BCUT2D eigenvalue weighted by Crippen LogP contribution is -2.43. The quantitative estimate of drug-likeness (QED) is 0.392. The van der Waals surface area contributed by atoms with Gasteiger partial charge in [0.05, 0.1) is 23.4 Å². The van der Waals surface area contributed by atoms with Gasteiger partial charge in [0, 0.05) is 29.8 Å². The number of rotatable bonds is 6. The molecular weight excluding hydrogens is 424 g/mol. The molecule has 7 heteroatoms. The molecule has 4 aromatic rings. The third-order valence-electron chi connectivity index (χ3n) is 7.39. The van der Waals surface area contributed by atoms with Crippen molar-refractivity contribution in [3.63, 3.8) is 0 Å². The average Bonchev–Trinajstić information content (AvgIpc) is 3.42. The molecule has 2 N–H and O–H groups in total. The van der Waals surface area contributed by atoms with Gasteiger partial charge in [0.15, 0.2) is 0 Å². The lowest BCUT2D eigenvalue weighted by Gasteiger charge is -2.40. The summed E-state index contributed by atoms with van der Waals surface area (Å²) >= 11 is 0. The van der Waals surface area contributed by atoms with Gasteiger partial charge in [0.25, 0.3) is 0 Å². The Morgan fingerprint density at radius 2 is 1.82 bits per heavy atom. The topological polar surface area (TPSA) is 82.7 Å². The van der Waals surface area contributed by atoms with E-state index in [1.54, 1.807) is 6.33 Å². The highest BCUT2D eigenvalue weighted by atomic mass is 16.5. The van der Waals surface area contributed by atoms with Gasteiger partial charge in [-0.2, -0.15) is 0 Å². The van der Waals surface area contributed by atoms with Crippen LogP contribution >= 0.6 is 0 Å². The van der Waals surface area contributed by atoms with Gasteiger partial charge < -0.3 is 19.6 Å². The molecule has 1 aliphatic heterocycles. The zero-order chi connectivity index (χ0) is 23.9. The summed E-state index contributed by atoms with van der Waals surface area (Å²) in [6.45, 7) is 13.1. The van der Waals surface area contributed by atoms with E-state index >= 15 is 0 Å². The number of fused-ring (bicyclic) bond motifs is 1. The molecule has 4 heterocycles. The SMILES string of the molecule is CCOc1ccc(-c2[nH]c(C3(CC)CCN(c4ncnc5[nH]c(C)cc45)CC3)nc2C)cc1C. The van der Waals surface area contributed by atoms with E-state index in [4.69, 9.17) is 9.72 Å². The van der Waals surface area contributed by atoms with E-state index in [2.05, 4.69) is 76.8 Å². The molecule has 0 radical (unpaired) electrons. The lowest BCUT2D eigenvalue weighted by molar-refractivity contribution is 0.304. The van der Waals surface area contributed by atoms with Crippen LogP contribution in [0.3, 0.4) is 0 Å². The molecular formula is C27H34N6O. The van der Waals surface area contributed by atoms with Crippen molar-refractivity contribution in [3.8, 4) is 17.0 Å². The molecule has 3 aromatic heterocycles. The van der Waals surface area contributed by atoms with Gasteiger partial charge in [-0.05, 0) is 76.8 Å². The number of aryl methyl sites for hydroxylation is 3. The van der Waals surface area contributed by atoms with Gasteiger partial charge in [0.2, 0.25) is 0 Å². The molecule has 0 spiro atoms. The monoisotopic (exact) mass is 458 g/mol. The highest BCUT2D eigenvalue weighted by Crippen LogP contribution is 2.40. The molecule has 5 rings (SSSR count). The molecule has 34 heavy (non-hydrogen) atoms. The number of imidazole rings is 1. The normalized spacial score (nSPS) is 15.7. The number of aromatic amines is 2. The maximum absolute atomic E-state index is 5.72. The van der Waals surface area contributed by atoms with Gasteiger partial charge in [-0.3, -0.25) is 0 Å². The second-order valence-electron chi connectivity index (χ2n) is 9.49. The summed E-state index contributed by atoms with van der Waals surface area (Å²) in [7, 11) is 0. The number of H-pyrrole nitrogens is 2. The summed E-state index contributed by atoms with van der Waals surface area (Å²) in [6, 6.07) is 8.53. The first-order valence-electron chi connectivity index (χ1n) is 12.3. The van der Waals surface area contributed by atoms with E-state index in [1.807, 2.05) is 6.92 Å². The summed E-state index contributed by atoms with van der Waals surface area (Å²) in [5, 5.41) is 1.10. The molecule has 1 aliphatic rings. The fraction of sp³-hybridized carbons (Fsp3) is 0.444. The van der Waals surface area contributed by atoms with Crippen molar-refractivity contribution in [1.29, 1.82) is 0 Å². The molecule has 1 fully saturated rings. The minimum atomic E-state index is 0.0417. The molecule has 7 nitrogen and oxygen atoms in total. The van der Waals surface area contributed by atoms with Crippen molar-refractivity contribution in [3.05, 3.63) is 53.4 Å². The first-order chi connectivity index (χ1) is 16.4. The first kappa shape index (κ1) is 22.4. The van der Waals surface area contributed by atoms with Crippen molar-refractivity contribution in [2.45, 2.75) is 59.3 Å². The molecule has 0 amide bonds. The van der Waals surface area contributed by atoms with E-state index in [9.17, 15) is 0 Å². The van der Waals surface area contributed by atoms with E-state index in [1.165, 1.54) is 0 Å². The highest BCUT2D eigenvalue weighted by Gasteiger charge is 2.38. The molecule has 0 bridgehead atoms. The Morgan fingerprint density at radius 1 is 1.03 bits per heavy atom. The average molecular weight is 459 g/mol. The molecule has 178 valence electrons. The second-order valence-corrected chi connectivity index (χ2v) is 9.49. The zero-order valence-electron chi connectivity index (χ0n) is 20.8. The number of nitrogens with zero attached hydrogens (tertiary/aromatic N) is 4. The van der Waals surface area contributed by atoms with E-state index in [0.29, 0.717) is 6.61 Å². The summed E-state index contributed by atoms with van der Waals surface area (Å²) in [4.78, 5) is 23.5. The Balaban J connectivity index is 1.40. The van der Waals surface area contributed by atoms with Crippen LogP contribution in [0.15, 0.2) is 30.6 Å². The van der Waals surface area contributed by atoms with Crippen LogP contribution in [0.2, 0.25) is 0 Å². The molecule has 1 saturated heterocycles. The van der Waals surface area contributed by atoms with Crippen LogP contribution < -0.4 is 9.64 Å². The standard InChI is InChI=1S/C27H34N6O/c1-6-27(10-12-33(13-11-27)25-21-15-18(4)30-24(21)28-16-29-25)26-31-19(5)23(32-26)20-8-9-22(34-7-2)17(3)14-20/h8-9,14-16H,6-7,10-13H2,1-5H3,(H,31,32)(H,28,29,30). The number of hydrogen-bond acceptors (Lipinski definition) is 5. The number of hydrogen-bond donors (Lipinski definition) is 2. The smallest absolute Gasteiger partial charge is 0.143 e. The number of ether oxygens (including phenoxy) is 1. The van der Waals surface area contributed by atoms with E-state index in [-0.39, 0.29) is 5.41 Å². The Bertz CT molecular complexity index is 1310. The summed E-state index contributed by atoms with van der Waals surface area (Å²) < 4.78 is 5.72. The predicted octanol–water partition coefficient (Wildman–Crippen LogP) is 5.62. The Labute approximate surface area is 201 Å². The maximum Gasteiger partial charge on any atom is 0.143 e. The zero-order valence-corrected chi connectivity index (χ0v) is 20.8. The lowest BCUT2D eigenvalue weighted by atomic mass is 9.75. The van der Waals surface area contributed by atoms with Crippen molar-refractivity contribution in [1.82, 2.24) is 24.9 Å². The van der Waals surface area contributed by atoms with E-state index < -0.39 is 0 Å². The third-order valence-corrected chi connectivity index (χ3v) is 7.39. The highest BCUT2D eigenvalue weighted by molar-refractivity contribution is 5.88. The Morgan fingerprint density at radius 3 is 2.53 bits per heavy atom. The minimum absolute atomic E-state index is 0.0417. The molecule has 0 aliphatic carbocycles. The molecule has 1 aromatic carbocycles. The number of nitrogens with one attached hydrogen (secondary N) is 2. The number of anilines is 1. The summed E-state index contributed by atoms with van der Waals surface area (Å²) in [5.41, 5.74) is 6.52. The van der Waals surface area contributed by atoms with Gasteiger partial charge in [0.1, 0.15) is 29.4 Å². The van der Waals surface area contributed by atoms with Crippen LogP contribution in [0.4, 0.5) is 5.82 Å². The third kappa shape index (κ3) is 3.83. The summed E-state index contributed by atoms with van der Waals surface area (Å²) in [5.74, 6) is 3.08. The van der Waals surface area contributed by atoms with Crippen molar-refractivity contribution in [2.24, 2.45) is 0 Å². The van der Waals surface area contributed by atoms with Crippen LogP contribution in [0, 0.1) is 20.8 Å². The second kappa shape index (κ2) is 8.78. The fourth-order valence-electron chi connectivity index (χ4n) is 5.33. The Hall–Kier alpha value is -3.35. The van der Waals surface area contributed by atoms with Crippen LogP contribution in [0.5, 0.6) is 5.75 Å². The van der Waals surface area contributed by atoms with Gasteiger partial charge in [-0.15, -0.1) is 0 Å². The van der Waals surface area contributed by atoms with Crippen LogP contribution in [0.25, 0.3) is 22.3 Å². The van der Waals surface area contributed by atoms with Gasteiger partial charge in [-0.1, -0.05) is 6.92 Å². The van der Waals surface area contributed by atoms with Crippen LogP contribution in [0.1, 0.15) is 55.9 Å².